The molecule has 8 heteroatoms. The van der Waals surface area contributed by atoms with Gasteiger partial charge in [-0.25, -0.2) is 4.99 Å². The van der Waals surface area contributed by atoms with Crippen LogP contribution in [0.4, 0.5) is 0 Å². The number of amides is 1. The molecule has 0 aliphatic carbocycles. The molecule has 1 heterocycles. The second-order valence-corrected chi connectivity index (χ2v) is 6.56. The fourth-order valence-corrected chi connectivity index (χ4v) is 2.45. The summed E-state index contributed by atoms with van der Waals surface area (Å²) in [6, 6.07) is 7.95. The van der Waals surface area contributed by atoms with Gasteiger partial charge in [0, 0.05) is 27.2 Å². The van der Waals surface area contributed by atoms with E-state index in [0.717, 1.165) is 25.2 Å². The fraction of sp³-hybridized carbons (Fsp3) is 0.579. The van der Waals surface area contributed by atoms with Gasteiger partial charge in [0.25, 0.3) is 0 Å². The molecule has 1 aromatic carbocycles. The van der Waals surface area contributed by atoms with Gasteiger partial charge in [0.1, 0.15) is 18.9 Å². The average molecular weight is 490 g/mol. The zero-order valence-corrected chi connectivity index (χ0v) is 18.7. The minimum Gasteiger partial charge on any atom is -0.492 e. The number of carbonyl (C=O) groups is 1. The van der Waals surface area contributed by atoms with Gasteiger partial charge < -0.3 is 25.0 Å². The van der Waals surface area contributed by atoms with Crippen molar-refractivity contribution >= 4 is 35.8 Å². The van der Waals surface area contributed by atoms with Gasteiger partial charge in [-0.15, -0.1) is 24.0 Å². The van der Waals surface area contributed by atoms with Gasteiger partial charge in [0.15, 0.2) is 5.96 Å². The predicted octanol–water partition coefficient (Wildman–Crippen LogP) is 1.79. The second kappa shape index (κ2) is 12.8. The van der Waals surface area contributed by atoms with Crippen LogP contribution in [-0.4, -0.2) is 69.8 Å². The minimum atomic E-state index is -0.0425. The highest BCUT2D eigenvalue weighted by Gasteiger charge is 2.15. The van der Waals surface area contributed by atoms with Gasteiger partial charge in [-0.2, -0.15) is 0 Å². The molecule has 0 aromatic heterocycles. The zero-order valence-electron chi connectivity index (χ0n) is 16.4. The Hall–Kier alpha value is -1.55. The Morgan fingerprint density at radius 2 is 2.04 bits per heavy atom. The number of hydrogen-bond acceptors (Lipinski definition) is 4. The van der Waals surface area contributed by atoms with Crippen molar-refractivity contribution in [2.75, 3.05) is 46.9 Å². The molecule has 1 saturated heterocycles. The first-order valence-electron chi connectivity index (χ1n) is 9.08. The van der Waals surface area contributed by atoms with E-state index in [2.05, 4.69) is 15.6 Å². The molecule has 7 nitrogen and oxygen atoms in total. The Bertz CT molecular complexity index is 587. The first-order chi connectivity index (χ1) is 12.5. The van der Waals surface area contributed by atoms with E-state index in [1.165, 1.54) is 10.5 Å². The number of likely N-dealkylation sites (N-methyl/N-ethyl adjacent to an activating group) is 1. The van der Waals surface area contributed by atoms with E-state index in [4.69, 9.17) is 9.47 Å². The number of aliphatic imine (C=N–C) groups is 1. The van der Waals surface area contributed by atoms with E-state index in [9.17, 15) is 4.79 Å². The topological polar surface area (TPSA) is 75.2 Å². The van der Waals surface area contributed by atoms with Crippen LogP contribution in [0, 0.1) is 6.92 Å². The van der Waals surface area contributed by atoms with Gasteiger partial charge in [0.05, 0.1) is 12.6 Å². The summed E-state index contributed by atoms with van der Waals surface area (Å²) in [7, 11) is 3.44. The zero-order chi connectivity index (χ0) is 18.8. The first kappa shape index (κ1) is 23.5. The van der Waals surface area contributed by atoms with Crippen molar-refractivity contribution in [1.29, 1.82) is 0 Å². The maximum absolute atomic E-state index is 11.8. The van der Waals surface area contributed by atoms with Gasteiger partial charge >= 0.3 is 0 Å². The Morgan fingerprint density at radius 3 is 2.67 bits per heavy atom. The smallest absolute Gasteiger partial charge is 0.243 e. The third-order valence-electron chi connectivity index (χ3n) is 4.08. The Labute approximate surface area is 178 Å². The number of halogens is 1. The summed E-state index contributed by atoms with van der Waals surface area (Å²) in [5.41, 5.74) is 1.20. The highest BCUT2D eigenvalue weighted by molar-refractivity contribution is 14.0. The molecule has 0 spiro atoms. The van der Waals surface area contributed by atoms with Crippen LogP contribution in [0.3, 0.4) is 0 Å². The van der Waals surface area contributed by atoms with Crippen molar-refractivity contribution in [1.82, 2.24) is 15.5 Å². The summed E-state index contributed by atoms with van der Waals surface area (Å²) in [5.74, 6) is 1.40. The summed E-state index contributed by atoms with van der Waals surface area (Å²) in [5, 5.41) is 6.46. The SMILES string of the molecule is Cc1ccc(OCCNC(=NCC(=O)N(C)C)NCC2CCCO2)cc1.I. The van der Waals surface area contributed by atoms with E-state index in [-0.39, 0.29) is 42.5 Å². The van der Waals surface area contributed by atoms with Crippen LogP contribution < -0.4 is 15.4 Å². The Balaban J connectivity index is 0.00000364. The van der Waals surface area contributed by atoms with Gasteiger partial charge in [0.2, 0.25) is 5.91 Å². The molecule has 1 aromatic rings. The quantitative estimate of drug-likeness (QED) is 0.252. The molecule has 2 rings (SSSR count). The summed E-state index contributed by atoms with van der Waals surface area (Å²) in [6.07, 6.45) is 2.35. The molecule has 1 atom stereocenters. The van der Waals surface area contributed by atoms with Crippen LogP contribution in [0.2, 0.25) is 0 Å². The average Bonchev–Trinajstić information content (AvgIpc) is 3.15. The maximum atomic E-state index is 11.8. The van der Waals surface area contributed by atoms with E-state index >= 15 is 0 Å². The number of benzene rings is 1. The molecule has 0 radical (unpaired) electrons. The normalized spacial score (nSPS) is 16.4. The number of nitrogens with zero attached hydrogens (tertiary/aromatic N) is 2. The highest BCUT2D eigenvalue weighted by atomic mass is 127. The van der Waals surface area contributed by atoms with E-state index in [0.29, 0.717) is 25.7 Å². The molecule has 152 valence electrons. The van der Waals surface area contributed by atoms with Crippen molar-refractivity contribution in [2.45, 2.75) is 25.9 Å². The number of ether oxygens (including phenoxy) is 2. The Morgan fingerprint density at radius 1 is 1.30 bits per heavy atom. The van der Waals surface area contributed by atoms with E-state index in [1.54, 1.807) is 14.1 Å². The van der Waals surface area contributed by atoms with Crippen molar-refractivity contribution in [3.05, 3.63) is 29.8 Å². The second-order valence-electron chi connectivity index (χ2n) is 6.56. The van der Waals surface area contributed by atoms with Crippen LogP contribution in [-0.2, 0) is 9.53 Å². The van der Waals surface area contributed by atoms with Gasteiger partial charge in [-0.05, 0) is 31.9 Å². The van der Waals surface area contributed by atoms with Crippen molar-refractivity contribution < 1.29 is 14.3 Å². The number of guanidine groups is 1. The molecule has 2 N–H and O–H groups in total. The van der Waals surface area contributed by atoms with Crippen LogP contribution in [0.25, 0.3) is 0 Å². The lowest BCUT2D eigenvalue weighted by Crippen LogP contribution is -2.43. The molecule has 27 heavy (non-hydrogen) atoms. The van der Waals surface area contributed by atoms with Gasteiger partial charge in [-0.3, -0.25) is 4.79 Å². The molecular weight excluding hydrogens is 459 g/mol. The van der Waals surface area contributed by atoms with Crippen LogP contribution in [0.15, 0.2) is 29.3 Å². The summed E-state index contributed by atoms with van der Waals surface area (Å²) < 4.78 is 11.3. The number of nitrogens with one attached hydrogen (secondary N) is 2. The van der Waals surface area contributed by atoms with Crippen molar-refractivity contribution in [3.63, 3.8) is 0 Å². The number of carbonyl (C=O) groups excluding carboxylic acids is 1. The van der Waals surface area contributed by atoms with Crippen molar-refractivity contribution in [2.24, 2.45) is 4.99 Å². The lowest BCUT2D eigenvalue weighted by molar-refractivity contribution is -0.127. The highest BCUT2D eigenvalue weighted by Crippen LogP contribution is 2.11. The number of hydrogen-bond donors (Lipinski definition) is 2. The van der Waals surface area contributed by atoms with E-state index in [1.807, 2.05) is 31.2 Å². The molecule has 0 saturated carbocycles. The molecule has 0 bridgehead atoms. The van der Waals surface area contributed by atoms with Gasteiger partial charge in [-0.1, -0.05) is 17.7 Å². The van der Waals surface area contributed by atoms with Crippen LogP contribution in [0.1, 0.15) is 18.4 Å². The minimum absolute atomic E-state index is 0. The van der Waals surface area contributed by atoms with E-state index < -0.39 is 0 Å². The summed E-state index contributed by atoms with van der Waals surface area (Å²) in [4.78, 5) is 17.6. The van der Waals surface area contributed by atoms with Crippen LogP contribution in [0.5, 0.6) is 5.75 Å². The predicted molar refractivity (Wildman–Crippen MR) is 118 cm³/mol. The Kier molecular flexibility index (Phi) is 11.1. The standard InChI is InChI=1S/C19H30N4O3.HI/c1-15-6-8-16(9-7-15)26-12-10-20-19(22-14-18(24)23(2)3)21-13-17-5-4-11-25-17;/h6-9,17H,4-5,10-14H2,1-3H3,(H2,20,21,22);1H. The first-order valence-corrected chi connectivity index (χ1v) is 9.08. The molecule has 1 fully saturated rings. The lowest BCUT2D eigenvalue weighted by atomic mass is 10.2. The fourth-order valence-electron chi connectivity index (χ4n) is 2.45. The molecular formula is C19H31IN4O3. The molecule has 1 aliphatic heterocycles. The maximum Gasteiger partial charge on any atom is 0.243 e. The van der Waals surface area contributed by atoms with Crippen LogP contribution >= 0.6 is 24.0 Å². The third-order valence-corrected chi connectivity index (χ3v) is 4.08. The summed E-state index contributed by atoms with van der Waals surface area (Å²) in [6.45, 7) is 4.73. The van der Waals surface area contributed by atoms with Crippen molar-refractivity contribution in [3.8, 4) is 5.75 Å². The molecule has 1 unspecified atom stereocenters. The molecule has 1 aliphatic rings. The number of aryl methyl sites for hydroxylation is 1. The lowest BCUT2D eigenvalue weighted by Gasteiger charge is -2.16. The molecule has 1 amide bonds. The third kappa shape index (κ3) is 9.28. The largest absolute Gasteiger partial charge is 0.492 e. The number of rotatable bonds is 8. The monoisotopic (exact) mass is 490 g/mol. The summed E-state index contributed by atoms with van der Waals surface area (Å²) >= 11 is 0.